The summed E-state index contributed by atoms with van der Waals surface area (Å²) in [7, 11) is 0. The van der Waals surface area contributed by atoms with Crippen LogP contribution in [0.5, 0.6) is 0 Å². The van der Waals surface area contributed by atoms with Gasteiger partial charge >= 0.3 is 0 Å². The van der Waals surface area contributed by atoms with Gasteiger partial charge in [-0.05, 0) is 18.8 Å². The Hall–Kier alpha value is -0.900. The van der Waals surface area contributed by atoms with E-state index in [4.69, 9.17) is 5.11 Å². The van der Waals surface area contributed by atoms with Crippen molar-refractivity contribution < 1.29 is 14.7 Å². The van der Waals surface area contributed by atoms with Crippen molar-refractivity contribution in [2.45, 2.75) is 26.2 Å². The third kappa shape index (κ3) is 1.57. The Morgan fingerprint density at radius 3 is 2.67 bits per heavy atom. The third-order valence-electron chi connectivity index (χ3n) is 3.68. The second kappa shape index (κ2) is 3.93. The van der Waals surface area contributed by atoms with E-state index in [-0.39, 0.29) is 36.8 Å². The molecule has 2 rings (SSSR count). The van der Waals surface area contributed by atoms with Crippen LogP contribution in [0.4, 0.5) is 0 Å². The number of imide groups is 1. The summed E-state index contributed by atoms with van der Waals surface area (Å²) in [5.41, 5.74) is 0. The van der Waals surface area contributed by atoms with Gasteiger partial charge < -0.3 is 5.11 Å². The Morgan fingerprint density at radius 2 is 2.07 bits per heavy atom. The third-order valence-corrected chi connectivity index (χ3v) is 3.68. The van der Waals surface area contributed by atoms with E-state index < -0.39 is 0 Å². The van der Waals surface area contributed by atoms with Gasteiger partial charge in [0.05, 0.1) is 25.0 Å². The summed E-state index contributed by atoms with van der Waals surface area (Å²) in [6, 6.07) is 0. The topological polar surface area (TPSA) is 57.6 Å². The van der Waals surface area contributed by atoms with Gasteiger partial charge in [-0.1, -0.05) is 13.3 Å². The van der Waals surface area contributed by atoms with E-state index in [1.807, 2.05) is 6.92 Å². The number of hydrogen-bond donors (Lipinski definition) is 1. The van der Waals surface area contributed by atoms with Crippen molar-refractivity contribution in [3.8, 4) is 0 Å². The standard InChI is InChI=1S/C11H17NO3/c1-7-3-2-4-8-9(7)11(15)12(5-6-13)10(8)14/h7-9,13H,2-6H2,1H3. The summed E-state index contributed by atoms with van der Waals surface area (Å²) in [5, 5.41) is 8.82. The molecule has 3 atom stereocenters. The number of nitrogens with zero attached hydrogens (tertiary/aromatic N) is 1. The van der Waals surface area contributed by atoms with Crippen molar-refractivity contribution in [1.82, 2.24) is 4.90 Å². The van der Waals surface area contributed by atoms with Crippen molar-refractivity contribution in [2.24, 2.45) is 17.8 Å². The molecule has 0 aromatic heterocycles. The molecule has 15 heavy (non-hydrogen) atoms. The van der Waals surface area contributed by atoms with E-state index in [1.165, 1.54) is 4.90 Å². The van der Waals surface area contributed by atoms with E-state index in [0.717, 1.165) is 19.3 Å². The highest BCUT2D eigenvalue weighted by molar-refractivity contribution is 6.05. The lowest BCUT2D eigenvalue weighted by Crippen LogP contribution is -2.34. The van der Waals surface area contributed by atoms with Crippen molar-refractivity contribution >= 4 is 11.8 Å². The van der Waals surface area contributed by atoms with Crippen LogP contribution in [-0.4, -0.2) is 35.0 Å². The van der Waals surface area contributed by atoms with E-state index in [2.05, 4.69) is 0 Å². The molecule has 2 fully saturated rings. The Balaban J connectivity index is 2.21. The highest BCUT2D eigenvalue weighted by Crippen LogP contribution is 2.41. The molecule has 1 aliphatic heterocycles. The number of fused-ring (bicyclic) bond motifs is 1. The molecule has 4 heteroatoms. The fraction of sp³-hybridized carbons (Fsp3) is 0.818. The molecule has 1 N–H and O–H groups in total. The summed E-state index contributed by atoms with van der Waals surface area (Å²) in [6.45, 7) is 2.08. The quantitative estimate of drug-likeness (QED) is 0.673. The van der Waals surface area contributed by atoms with Crippen LogP contribution in [-0.2, 0) is 9.59 Å². The molecule has 2 aliphatic rings. The minimum atomic E-state index is -0.134. The average molecular weight is 211 g/mol. The summed E-state index contributed by atoms with van der Waals surface area (Å²) in [6.07, 6.45) is 2.91. The zero-order valence-corrected chi connectivity index (χ0v) is 8.98. The lowest BCUT2D eigenvalue weighted by atomic mass is 9.74. The molecule has 0 radical (unpaired) electrons. The first-order valence-corrected chi connectivity index (χ1v) is 5.63. The van der Waals surface area contributed by atoms with Gasteiger partial charge in [0.15, 0.2) is 0 Å². The maximum atomic E-state index is 11.9. The van der Waals surface area contributed by atoms with E-state index in [1.54, 1.807) is 0 Å². The van der Waals surface area contributed by atoms with Crippen LogP contribution < -0.4 is 0 Å². The van der Waals surface area contributed by atoms with Crippen LogP contribution in [0.3, 0.4) is 0 Å². The smallest absolute Gasteiger partial charge is 0.233 e. The molecule has 1 saturated heterocycles. The van der Waals surface area contributed by atoms with Gasteiger partial charge in [-0.3, -0.25) is 14.5 Å². The Bertz CT molecular complexity index is 290. The molecule has 4 nitrogen and oxygen atoms in total. The molecule has 1 aliphatic carbocycles. The van der Waals surface area contributed by atoms with Crippen LogP contribution in [0.15, 0.2) is 0 Å². The molecule has 84 valence electrons. The molecule has 0 bridgehead atoms. The minimum Gasteiger partial charge on any atom is -0.395 e. The van der Waals surface area contributed by atoms with E-state index >= 15 is 0 Å². The Morgan fingerprint density at radius 1 is 1.33 bits per heavy atom. The lowest BCUT2D eigenvalue weighted by Gasteiger charge is -2.27. The van der Waals surface area contributed by atoms with Gasteiger partial charge in [-0.25, -0.2) is 0 Å². The number of aliphatic hydroxyl groups is 1. The molecule has 0 spiro atoms. The number of hydrogen-bond acceptors (Lipinski definition) is 3. The lowest BCUT2D eigenvalue weighted by molar-refractivity contribution is -0.140. The number of amides is 2. The molecule has 0 aromatic carbocycles. The van der Waals surface area contributed by atoms with Gasteiger partial charge in [0.2, 0.25) is 11.8 Å². The van der Waals surface area contributed by atoms with Gasteiger partial charge in [-0.15, -0.1) is 0 Å². The molecule has 0 aromatic rings. The maximum absolute atomic E-state index is 11.9. The highest BCUT2D eigenvalue weighted by atomic mass is 16.3. The van der Waals surface area contributed by atoms with Gasteiger partial charge in [0.25, 0.3) is 0 Å². The van der Waals surface area contributed by atoms with Crippen LogP contribution >= 0.6 is 0 Å². The number of β-amino-alcohol motifs (C(OH)–C–C–N with tert-alkyl or cyclic N) is 1. The largest absolute Gasteiger partial charge is 0.395 e. The fourth-order valence-corrected chi connectivity index (χ4v) is 2.92. The summed E-state index contributed by atoms with van der Waals surface area (Å²) in [5.74, 6) is -0.0358. The number of likely N-dealkylation sites (tertiary alicyclic amines) is 1. The molecule has 3 unspecified atom stereocenters. The van der Waals surface area contributed by atoms with Gasteiger partial charge in [-0.2, -0.15) is 0 Å². The fourth-order valence-electron chi connectivity index (χ4n) is 2.92. The van der Waals surface area contributed by atoms with Crippen molar-refractivity contribution in [2.75, 3.05) is 13.2 Å². The minimum absolute atomic E-state index is 0.0637. The summed E-state index contributed by atoms with van der Waals surface area (Å²) >= 11 is 0. The van der Waals surface area contributed by atoms with Crippen LogP contribution in [0.1, 0.15) is 26.2 Å². The SMILES string of the molecule is CC1CCCC2C(=O)N(CCO)C(=O)C12. The molecular weight excluding hydrogens is 194 g/mol. The highest BCUT2D eigenvalue weighted by Gasteiger charge is 2.50. The number of carbonyl (C=O) groups excluding carboxylic acids is 2. The predicted molar refractivity (Wildman–Crippen MR) is 53.8 cm³/mol. The monoisotopic (exact) mass is 211 g/mol. The van der Waals surface area contributed by atoms with Crippen LogP contribution in [0.25, 0.3) is 0 Å². The van der Waals surface area contributed by atoms with Crippen LogP contribution in [0.2, 0.25) is 0 Å². The summed E-state index contributed by atoms with van der Waals surface area (Å²) in [4.78, 5) is 25.1. The van der Waals surface area contributed by atoms with Crippen molar-refractivity contribution in [3.63, 3.8) is 0 Å². The van der Waals surface area contributed by atoms with Gasteiger partial charge in [0.1, 0.15) is 0 Å². The number of aliphatic hydroxyl groups excluding tert-OH is 1. The van der Waals surface area contributed by atoms with Gasteiger partial charge in [0, 0.05) is 0 Å². The second-order valence-corrected chi connectivity index (χ2v) is 4.59. The maximum Gasteiger partial charge on any atom is 0.233 e. The average Bonchev–Trinajstić information content (AvgIpc) is 2.45. The van der Waals surface area contributed by atoms with E-state index in [0.29, 0.717) is 5.92 Å². The first kappa shape index (κ1) is 10.6. The number of carbonyl (C=O) groups is 2. The molecule has 1 heterocycles. The predicted octanol–water partition coefficient (Wildman–Crippen LogP) is 0.400. The molecule has 2 amide bonds. The van der Waals surface area contributed by atoms with Crippen molar-refractivity contribution in [3.05, 3.63) is 0 Å². The zero-order valence-electron chi connectivity index (χ0n) is 8.98. The summed E-state index contributed by atoms with van der Waals surface area (Å²) < 4.78 is 0. The van der Waals surface area contributed by atoms with E-state index in [9.17, 15) is 9.59 Å². The molecule has 1 saturated carbocycles. The first-order valence-electron chi connectivity index (χ1n) is 5.63. The van der Waals surface area contributed by atoms with Crippen LogP contribution in [0, 0.1) is 17.8 Å². The Kier molecular flexibility index (Phi) is 2.78. The molecular formula is C11H17NO3. The normalized spacial score (nSPS) is 35.9. The Labute approximate surface area is 89.3 Å². The van der Waals surface area contributed by atoms with Crippen molar-refractivity contribution in [1.29, 1.82) is 0 Å². The number of rotatable bonds is 2. The second-order valence-electron chi connectivity index (χ2n) is 4.59. The first-order chi connectivity index (χ1) is 7.16. The zero-order chi connectivity index (χ0) is 11.0.